The first-order chi connectivity index (χ1) is 12.8. The second-order valence-corrected chi connectivity index (χ2v) is 6.67. The van der Waals surface area contributed by atoms with E-state index in [9.17, 15) is 4.79 Å². The van der Waals surface area contributed by atoms with Crippen molar-refractivity contribution in [1.29, 1.82) is 0 Å². The molecule has 0 fully saturated rings. The second-order valence-electron chi connectivity index (χ2n) is 5.68. The molecule has 0 saturated carbocycles. The van der Waals surface area contributed by atoms with Gasteiger partial charge in [0.1, 0.15) is 0 Å². The van der Waals surface area contributed by atoms with Crippen LogP contribution in [-0.4, -0.2) is 18.4 Å². The number of aliphatic imine (C=N–C) groups is 1. The van der Waals surface area contributed by atoms with Crippen molar-refractivity contribution in [2.75, 3.05) is 11.1 Å². The molecular formula is C21H20N2O2S. The molecule has 1 N–H and O–H groups in total. The van der Waals surface area contributed by atoms with Crippen LogP contribution in [0.1, 0.15) is 18.4 Å². The summed E-state index contributed by atoms with van der Waals surface area (Å²) in [5.41, 5.74) is 2.63. The molecule has 0 saturated heterocycles. The topological polar surface area (TPSA) is 54.6 Å². The minimum absolute atomic E-state index is 0.253. The Kier molecular flexibility index (Phi) is 6.28. The van der Waals surface area contributed by atoms with Crippen LogP contribution in [0, 0.1) is 0 Å². The lowest BCUT2D eigenvalue weighted by Crippen LogP contribution is -2.14. The van der Waals surface area contributed by atoms with Crippen LogP contribution in [0.15, 0.2) is 86.8 Å². The molecule has 0 spiro atoms. The van der Waals surface area contributed by atoms with E-state index in [1.807, 2.05) is 30.3 Å². The molecule has 1 aromatic heterocycles. The molecule has 1 heterocycles. The molecule has 0 bridgehead atoms. The van der Waals surface area contributed by atoms with Crippen LogP contribution in [0.25, 0.3) is 5.70 Å². The van der Waals surface area contributed by atoms with Gasteiger partial charge in [0.15, 0.2) is 5.88 Å². The summed E-state index contributed by atoms with van der Waals surface area (Å²) in [5, 5.41) is 2.78. The van der Waals surface area contributed by atoms with Gasteiger partial charge in [0.25, 0.3) is 5.91 Å². The van der Waals surface area contributed by atoms with Gasteiger partial charge >= 0.3 is 0 Å². The van der Waals surface area contributed by atoms with Gasteiger partial charge in [-0.15, -0.1) is 11.8 Å². The first-order valence-electron chi connectivity index (χ1n) is 8.37. The van der Waals surface area contributed by atoms with Crippen LogP contribution >= 0.6 is 11.8 Å². The minimum Gasteiger partial charge on any atom is -0.449 e. The smallest absolute Gasteiger partial charge is 0.266 e. The lowest BCUT2D eigenvalue weighted by Gasteiger charge is -2.13. The van der Waals surface area contributed by atoms with Crippen molar-refractivity contribution in [3.63, 3.8) is 0 Å². The highest BCUT2D eigenvalue weighted by Gasteiger charge is 2.19. The first-order valence-corrected chi connectivity index (χ1v) is 9.36. The number of hydrogen-bond acceptors (Lipinski definition) is 4. The van der Waals surface area contributed by atoms with Crippen LogP contribution in [0.2, 0.25) is 0 Å². The average Bonchev–Trinajstić information content (AvgIpc) is 3.19. The number of nitrogens with zero attached hydrogens (tertiary/aromatic N) is 1. The summed E-state index contributed by atoms with van der Waals surface area (Å²) >= 11 is 1.46. The predicted octanol–water partition coefficient (Wildman–Crippen LogP) is 5.30. The van der Waals surface area contributed by atoms with E-state index in [1.165, 1.54) is 23.6 Å². The average molecular weight is 364 g/mol. The van der Waals surface area contributed by atoms with Gasteiger partial charge in [-0.2, -0.15) is 0 Å². The zero-order valence-corrected chi connectivity index (χ0v) is 15.2. The molecule has 2 aromatic rings. The van der Waals surface area contributed by atoms with Crippen LogP contribution in [0.3, 0.4) is 0 Å². The Bertz CT molecular complexity index is 849. The van der Waals surface area contributed by atoms with Gasteiger partial charge in [0.05, 0.1) is 16.9 Å². The van der Waals surface area contributed by atoms with Crippen molar-refractivity contribution in [3.05, 3.63) is 83.0 Å². The third kappa shape index (κ3) is 4.64. The number of hydrogen-bond donors (Lipinski definition) is 1. The predicted molar refractivity (Wildman–Crippen MR) is 109 cm³/mol. The number of carbonyl (C=O) groups is 1. The van der Waals surface area contributed by atoms with Crippen molar-refractivity contribution in [1.82, 2.24) is 0 Å². The van der Waals surface area contributed by atoms with E-state index in [0.29, 0.717) is 22.2 Å². The lowest BCUT2D eigenvalue weighted by atomic mass is 10.1. The zero-order chi connectivity index (χ0) is 18.2. The molecule has 1 aromatic carbocycles. The Morgan fingerprint density at radius 2 is 2.04 bits per heavy atom. The van der Waals surface area contributed by atoms with E-state index in [0.717, 1.165) is 18.4 Å². The van der Waals surface area contributed by atoms with Crippen LogP contribution in [-0.2, 0) is 4.79 Å². The van der Waals surface area contributed by atoms with E-state index in [2.05, 4.69) is 35.3 Å². The van der Waals surface area contributed by atoms with E-state index >= 15 is 0 Å². The largest absolute Gasteiger partial charge is 0.449 e. The van der Waals surface area contributed by atoms with Gasteiger partial charge in [-0.05, 0) is 31.2 Å². The summed E-state index contributed by atoms with van der Waals surface area (Å²) in [5.74, 6) is 0.849. The van der Waals surface area contributed by atoms with Gasteiger partial charge in [-0.1, -0.05) is 48.6 Å². The van der Waals surface area contributed by atoms with Gasteiger partial charge in [0.2, 0.25) is 0 Å². The van der Waals surface area contributed by atoms with E-state index in [4.69, 9.17) is 4.42 Å². The fourth-order valence-electron chi connectivity index (χ4n) is 2.58. The molecule has 0 atom stereocenters. The maximum atomic E-state index is 12.9. The maximum Gasteiger partial charge on any atom is 0.266 e. The summed E-state index contributed by atoms with van der Waals surface area (Å²) in [6.45, 7) is 3.68. The summed E-state index contributed by atoms with van der Waals surface area (Å²) in [6.07, 6.45) is 10.1. The van der Waals surface area contributed by atoms with Crippen LogP contribution < -0.4 is 5.32 Å². The SMILES string of the molecule is C=N/C(=C(\SCC1=CCCC=C1)C(=O)Nc1ccco1)c1ccccc1. The molecule has 1 aliphatic carbocycles. The molecule has 0 aliphatic heterocycles. The molecule has 132 valence electrons. The van der Waals surface area contributed by atoms with Crippen molar-refractivity contribution < 1.29 is 9.21 Å². The molecule has 4 nitrogen and oxygen atoms in total. The Hall–Kier alpha value is -2.79. The molecule has 0 unspecified atom stereocenters. The van der Waals surface area contributed by atoms with E-state index in [-0.39, 0.29) is 5.91 Å². The molecular weight excluding hydrogens is 344 g/mol. The summed E-state index contributed by atoms with van der Waals surface area (Å²) < 4.78 is 5.24. The fourth-order valence-corrected chi connectivity index (χ4v) is 3.61. The second kappa shape index (κ2) is 9.06. The standard InChI is InChI=1S/C21H20N2O2S/c1-22-19(17-11-6-3-7-12-17)20(21(24)23-18-13-8-14-25-18)26-15-16-9-4-2-5-10-16/h3-4,6-14H,1-2,5,15H2,(H,23,24)/b20-19-. The highest BCUT2D eigenvalue weighted by Crippen LogP contribution is 2.31. The molecule has 5 heteroatoms. The number of benzene rings is 1. The van der Waals surface area contributed by atoms with Gasteiger partial charge < -0.3 is 4.42 Å². The van der Waals surface area contributed by atoms with Gasteiger partial charge in [0, 0.05) is 17.4 Å². The first kappa shape index (κ1) is 18.0. The Morgan fingerprint density at radius 3 is 2.69 bits per heavy atom. The van der Waals surface area contributed by atoms with Gasteiger partial charge in [-0.25, -0.2) is 0 Å². The molecule has 26 heavy (non-hydrogen) atoms. The number of nitrogens with one attached hydrogen (secondary N) is 1. The molecule has 3 rings (SSSR count). The normalized spacial score (nSPS) is 14.4. The summed E-state index contributed by atoms with van der Waals surface area (Å²) in [7, 11) is 0. The lowest BCUT2D eigenvalue weighted by molar-refractivity contribution is -0.112. The summed E-state index contributed by atoms with van der Waals surface area (Å²) in [6, 6.07) is 13.0. The number of thioether (sulfide) groups is 1. The van der Waals surface area contributed by atoms with Crippen molar-refractivity contribution in [3.8, 4) is 0 Å². The number of amides is 1. The highest BCUT2D eigenvalue weighted by atomic mass is 32.2. The van der Waals surface area contributed by atoms with E-state index in [1.54, 1.807) is 12.1 Å². The maximum absolute atomic E-state index is 12.9. The van der Waals surface area contributed by atoms with Gasteiger partial charge in [-0.3, -0.25) is 15.1 Å². The monoisotopic (exact) mass is 364 g/mol. The third-order valence-corrected chi connectivity index (χ3v) is 4.98. The zero-order valence-electron chi connectivity index (χ0n) is 14.4. The molecule has 1 aliphatic rings. The fraction of sp³-hybridized carbons (Fsp3) is 0.143. The number of allylic oxidation sites excluding steroid dienone is 3. The Morgan fingerprint density at radius 1 is 1.19 bits per heavy atom. The number of rotatable bonds is 7. The highest BCUT2D eigenvalue weighted by molar-refractivity contribution is 8.04. The Balaban J connectivity index is 1.90. The van der Waals surface area contributed by atoms with Crippen LogP contribution in [0.4, 0.5) is 5.88 Å². The van der Waals surface area contributed by atoms with Crippen molar-refractivity contribution >= 4 is 36.0 Å². The van der Waals surface area contributed by atoms with E-state index < -0.39 is 0 Å². The minimum atomic E-state index is -0.253. The Labute approximate surface area is 157 Å². The molecule has 0 radical (unpaired) electrons. The van der Waals surface area contributed by atoms with Crippen molar-refractivity contribution in [2.24, 2.45) is 4.99 Å². The quantitative estimate of drug-likeness (QED) is 0.536. The number of carbonyl (C=O) groups excluding carboxylic acids is 1. The summed E-state index contributed by atoms with van der Waals surface area (Å²) in [4.78, 5) is 17.6. The molecule has 1 amide bonds. The number of furan rings is 1. The number of anilines is 1. The third-order valence-electron chi connectivity index (χ3n) is 3.84. The van der Waals surface area contributed by atoms with Crippen LogP contribution in [0.5, 0.6) is 0 Å². The van der Waals surface area contributed by atoms with Crippen molar-refractivity contribution in [2.45, 2.75) is 12.8 Å².